The lowest BCUT2D eigenvalue weighted by atomic mass is 9.99. The number of aromatic nitrogens is 3. The molecule has 0 N–H and O–H groups in total. The molecule has 0 saturated heterocycles. The van der Waals surface area contributed by atoms with E-state index in [0.29, 0.717) is 17.5 Å². The maximum Gasteiger partial charge on any atom is 0.164 e. The lowest BCUT2D eigenvalue weighted by Gasteiger charge is -2.09. The van der Waals surface area contributed by atoms with E-state index in [9.17, 15) is 0 Å². The van der Waals surface area contributed by atoms with Crippen molar-refractivity contribution in [3.8, 4) is 56.4 Å². The van der Waals surface area contributed by atoms with Gasteiger partial charge in [-0.2, -0.15) is 0 Å². The molecule has 4 heteroatoms. The first-order valence-corrected chi connectivity index (χ1v) is 15.7. The van der Waals surface area contributed by atoms with Crippen LogP contribution in [0, 0.1) is 0 Å². The fraction of sp³-hybridized carbons (Fsp3) is 0. The van der Waals surface area contributed by atoms with E-state index in [-0.39, 0.29) is 0 Å². The quantitative estimate of drug-likeness (QED) is 0.197. The summed E-state index contributed by atoms with van der Waals surface area (Å²) in [5, 5.41) is 4.70. The molecule has 2 aromatic heterocycles. The second kappa shape index (κ2) is 11.2. The molecule has 4 nitrogen and oxygen atoms in total. The highest BCUT2D eigenvalue weighted by atomic mass is 16.3. The van der Waals surface area contributed by atoms with Crippen LogP contribution in [0.2, 0.25) is 0 Å². The number of fused-ring (bicyclic) bond motifs is 4. The predicted octanol–water partition coefficient (Wildman–Crippen LogP) is 11.3. The van der Waals surface area contributed by atoms with Gasteiger partial charge in [-0.15, -0.1) is 0 Å². The van der Waals surface area contributed by atoms with E-state index in [2.05, 4.69) is 103 Å². The maximum absolute atomic E-state index is 6.35. The topological polar surface area (TPSA) is 51.8 Å². The number of rotatable bonds is 5. The van der Waals surface area contributed by atoms with Crippen molar-refractivity contribution in [1.82, 2.24) is 15.0 Å². The van der Waals surface area contributed by atoms with E-state index < -0.39 is 0 Å². The summed E-state index contributed by atoms with van der Waals surface area (Å²) in [4.78, 5) is 14.6. The Bertz CT molecular complexity index is 2500. The van der Waals surface area contributed by atoms with Gasteiger partial charge in [0.25, 0.3) is 0 Å². The van der Waals surface area contributed by atoms with Crippen molar-refractivity contribution in [3.63, 3.8) is 0 Å². The van der Waals surface area contributed by atoms with Gasteiger partial charge < -0.3 is 4.42 Å². The molecule has 0 amide bonds. The zero-order valence-electron chi connectivity index (χ0n) is 25.3. The van der Waals surface area contributed by atoms with E-state index in [1.807, 2.05) is 60.7 Å². The minimum absolute atomic E-state index is 0.638. The Kier molecular flexibility index (Phi) is 6.43. The maximum atomic E-state index is 6.35. The van der Waals surface area contributed by atoms with E-state index in [1.54, 1.807) is 0 Å². The van der Waals surface area contributed by atoms with Gasteiger partial charge in [-0.1, -0.05) is 133 Å². The summed E-state index contributed by atoms with van der Waals surface area (Å²) >= 11 is 0. The molecule has 0 fully saturated rings. The van der Waals surface area contributed by atoms with Crippen LogP contribution in [-0.4, -0.2) is 15.0 Å². The molecule has 0 aliphatic heterocycles. The molecular weight excluding hydrogens is 574 g/mol. The third-order valence-electron chi connectivity index (χ3n) is 8.73. The third-order valence-corrected chi connectivity index (χ3v) is 8.73. The normalized spacial score (nSPS) is 11.4. The van der Waals surface area contributed by atoms with Crippen LogP contribution in [0.15, 0.2) is 168 Å². The monoisotopic (exact) mass is 601 g/mol. The van der Waals surface area contributed by atoms with Gasteiger partial charge >= 0.3 is 0 Å². The van der Waals surface area contributed by atoms with Crippen molar-refractivity contribution in [2.75, 3.05) is 0 Å². The Morgan fingerprint density at radius 1 is 0.298 bits per heavy atom. The molecule has 9 aromatic rings. The Morgan fingerprint density at radius 3 is 1.47 bits per heavy atom. The predicted molar refractivity (Wildman–Crippen MR) is 192 cm³/mol. The Hall–Kier alpha value is -6.39. The average molecular weight is 602 g/mol. The molecule has 0 aliphatic rings. The molecule has 9 rings (SSSR count). The van der Waals surface area contributed by atoms with Gasteiger partial charge in [0.15, 0.2) is 17.5 Å². The van der Waals surface area contributed by atoms with Gasteiger partial charge in [0.1, 0.15) is 11.2 Å². The summed E-state index contributed by atoms with van der Waals surface area (Å²) in [7, 11) is 0. The molecule has 7 aromatic carbocycles. The molecular formula is C43H27N3O. The molecule has 0 spiro atoms. The standard InChI is InChI=1S/C43H27N3O/c1-3-10-30(11-4-1)41-44-42(31-12-5-2-6-13-31)46-43(45-41)32-18-15-29(16-19-32)36-21-23-37-38-26-35(22-24-39(38)47-40(37)27-36)34-20-17-28-9-7-8-14-33(28)25-34/h1-27H. The molecule has 0 bridgehead atoms. The van der Waals surface area contributed by atoms with Crippen LogP contribution in [0.4, 0.5) is 0 Å². The molecule has 0 saturated carbocycles. The summed E-state index contributed by atoms with van der Waals surface area (Å²) in [5.74, 6) is 1.94. The van der Waals surface area contributed by atoms with Gasteiger partial charge in [-0.3, -0.25) is 0 Å². The van der Waals surface area contributed by atoms with Crippen LogP contribution in [0.3, 0.4) is 0 Å². The van der Waals surface area contributed by atoms with Crippen molar-refractivity contribution in [3.05, 3.63) is 164 Å². The molecule has 0 radical (unpaired) electrons. The highest BCUT2D eigenvalue weighted by molar-refractivity contribution is 6.07. The van der Waals surface area contributed by atoms with Crippen LogP contribution < -0.4 is 0 Å². The number of benzene rings is 7. The smallest absolute Gasteiger partial charge is 0.164 e. The first-order chi connectivity index (χ1) is 23.2. The zero-order valence-corrected chi connectivity index (χ0v) is 25.3. The van der Waals surface area contributed by atoms with Gasteiger partial charge in [-0.05, 0) is 63.4 Å². The number of hydrogen-bond acceptors (Lipinski definition) is 4. The van der Waals surface area contributed by atoms with Crippen molar-refractivity contribution in [2.45, 2.75) is 0 Å². The van der Waals surface area contributed by atoms with Crippen molar-refractivity contribution in [1.29, 1.82) is 0 Å². The molecule has 0 aliphatic carbocycles. The number of hydrogen-bond donors (Lipinski definition) is 0. The second-order valence-electron chi connectivity index (χ2n) is 11.7. The van der Waals surface area contributed by atoms with Gasteiger partial charge in [0, 0.05) is 27.5 Å². The van der Waals surface area contributed by atoms with Crippen LogP contribution >= 0.6 is 0 Å². The summed E-state index contributed by atoms with van der Waals surface area (Å²) in [6.45, 7) is 0. The van der Waals surface area contributed by atoms with E-state index in [0.717, 1.165) is 49.8 Å². The zero-order chi connectivity index (χ0) is 31.2. The van der Waals surface area contributed by atoms with Crippen LogP contribution in [0.1, 0.15) is 0 Å². The summed E-state index contributed by atoms with van der Waals surface area (Å²) in [6.07, 6.45) is 0. The van der Waals surface area contributed by atoms with Crippen molar-refractivity contribution in [2.24, 2.45) is 0 Å². The summed E-state index contributed by atoms with van der Waals surface area (Å²) < 4.78 is 6.35. The number of furan rings is 1. The highest BCUT2D eigenvalue weighted by Gasteiger charge is 2.14. The fourth-order valence-electron chi connectivity index (χ4n) is 6.25. The summed E-state index contributed by atoms with van der Waals surface area (Å²) in [5.41, 5.74) is 9.14. The lowest BCUT2D eigenvalue weighted by molar-refractivity contribution is 0.669. The first kappa shape index (κ1) is 27.0. The Morgan fingerprint density at radius 2 is 0.787 bits per heavy atom. The van der Waals surface area contributed by atoms with E-state index in [1.165, 1.54) is 21.9 Å². The summed E-state index contributed by atoms with van der Waals surface area (Å²) in [6, 6.07) is 56.5. The van der Waals surface area contributed by atoms with Gasteiger partial charge in [0.2, 0.25) is 0 Å². The largest absolute Gasteiger partial charge is 0.456 e. The lowest BCUT2D eigenvalue weighted by Crippen LogP contribution is -2.00. The second-order valence-corrected chi connectivity index (χ2v) is 11.7. The highest BCUT2D eigenvalue weighted by Crippen LogP contribution is 2.36. The van der Waals surface area contributed by atoms with Crippen LogP contribution in [0.25, 0.3) is 89.1 Å². The number of nitrogens with zero attached hydrogens (tertiary/aromatic N) is 3. The van der Waals surface area contributed by atoms with E-state index >= 15 is 0 Å². The molecule has 47 heavy (non-hydrogen) atoms. The van der Waals surface area contributed by atoms with Crippen LogP contribution in [-0.2, 0) is 0 Å². The minimum atomic E-state index is 0.638. The van der Waals surface area contributed by atoms with Gasteiger partial charge in [0.05, 0.1) is 0 Å². The minimum Gasteiger partial charge on any atom is -0.456 e. The fourth-order valence-corrected chi connectivity index (χ4v) is 6.25. The molecule has 220 valence electrons. The van der Waals surface area contributed by atoms with Crippen LogP contribution in [0.5, 0.6) is 0 Å². The third kappa shape index (κ3) is 5.02. The van der Waals surface area contributed by atoms with Crippen molar-refractivity contribution >= 4 is 32.7 Å². The molecule has 2 heterocycles. The van der Waals surface area contributed by atoms with Gasteiger partial charge in [-0.25, -0.2) is 15.0 Å². The Balaban J connectivity index is 1.06. The Labute approximate surface area is 271 Å². The molecule has 0 unspecified atom stereocenters. The first-order valence-electron chi connectivity index (χ1n) is 15.7. The average Bonchev–Trinajstić information content (AvgIpc) is 3.52. The molecule has 0 atom stereocenters. The SMILES string of the molecule is c1ccc(-c2nc(-c3ccccc3)nc(-c3ccc(-c4ccc5c(c4)oc4ccc(-c6ccc7ccccc7c6)cc45)cc3)n2)cc1. The van der Waals surface area contributed by atoms with E-state index in [4.69, 9.17) is 19.4 Å². The van der Waals surface area contributed by atoms with Crippen molar-refractivity contribution < 1.29 is 4.42 Å².